The summed E-state index contributed by atoms with van der Waals surface area (Å²) in [6, 6.07) is 1.52. The van der Waals surface area contributed by atoms with Gasteiger partial charge in [-0.25, -0.2) is 4.98 Å². The fourth-order valence-corrected chi connectivity index (χ4v) is 1.88. The Hall–Kier alpha value is -1.62. The maximum atomic E-state index is 10.9. The van der Waals surface area contributed by atoms with Gasteiger partial charge in [-0.2, -0.15) is 0 Å². The maximum absolute atomic E-state index is 10.9. The lowest BCUT2D eigenvalue weighted by atomic mass is 9.95. The molecule has 0 aliphatic carbocycles. The van der Waals surface area contributed by atoms with Gasteiger partial charge in [0.1, 0.15) is 0 Å². The highest BCUT2D eigenvalue weighted by molar-refractivity contribution is 5.88. The van der Waals surface area contributed by atoms with Crippen molar-refractivity contribution in [2.24, 2.45) is 0 Å². The van der Waals surface area contributed by atoms with Gasteiger partial charge in [-0.3, -0.25) is 0 Å². The van der Waals surface area contributed by atoms with Crippen LogP contribution < -0.4 is 9.84 Å². The molecule has 0 bridgehead atoms. The van der Waals surface area contributed by atoms with Crippen molar-refractivity contribution in [1.29, 1.82) is 0 Å². The van der Waals surface area contributed by atoms with E-state index in [0.717, 1.165) is 11.3 Å². The molecule has 5 nitrogen and oxygen atoms in total. The van der Waals surface area contributed by atoms with Crippen LogP contribution in [0.4, 0.5) is 0 Å². The molecule has 1 aliphatic heterocycles. The predicted molar refractivity (Wildman–Crippen MR) is 57.7 cm³/mol. The molecule has 0 amide bonds. The number of carbonyl (C=O) groups is 1. The fraction of sp³-hybridized carbons (Fsp3) is 0.500. The summed E-state index contributed by atoms with van der Waals surface area (Å²) in [5.74, 6) is -1.19. The number of aromatic carboxylic acids is 1. The molecule has 0 fully saturated rings. The van der Waals surface area contributed by atoms with Gasteiger partial charge in [-0.1, -0.05) is 0 Å². The van der Waals surface area contributed by atoms with Crippen LogP contribution in [0.25, 0.3) is 0 Å². The molecule has 92 valence electrons. The predicted octanol–water partition coefficient (Wildman–Crippen LogP) is 0.305. The standard InChI is InChI=1S/C12H15NO4/c1-12(2)5-9-7(6-17-12)4-8(11(14)15)10(13-9)16-3/h4H,5-6H2,1-3H3,(H,14,15)/p-1. The molecule has 0 saturated heterocycles. The second kappa shape index (κ2) is 4.00. The van der Waals surface area contributed by atoms with Crippen LogP contribution in [-0.2, 0) is 17.8 Å². The second-order valence-corrected chi connectivity index (χ2v) is 4.66. The van der Waals surface area contributed by atoms with Crippen LogP contribution in [0, 0.1) is 0 Å². The Morgan fingerprint density at radius 3 is 2.88 bits per heavy atom. The zero-order valence-corrected chi connectivity index (χ0v) is 10.1. The number of ether oxygens (including phenoxy) is 2. The van der Waals surface area contributed by atoms with E-state index in [1.165, 1.54) is 13.2 Å². The highest BCUT2D eigenvalue weighted by Crippen LogP contribution is 2.29. The maximum Gasteiger partial charge on any atom is 0.222 e. The number of nitrogens with zero attached hydrogens (tertiary/aromatic N) is 1. The quantitative estimate of drug-likeness (QED) is 0.738. The third-order valence-corrected chi connectivity index (χ3v) is 2.78. The van der Waals surface area contributed by atoms with E-state index in [-0.39, 0.29) is 17.0 Å². The average Bonchev–Trinajstić information content (AvgIpc) is 2.25. The summed E-state index contributed by atoms with van der Waals surface area (Å²) in [7, 11) is 1.39. The number of hydrogen-bond acceptors (Lipinski definition) is 5. The van der Waals surface area contributed by atoms with Crippen molar-refractivity contribution in [3.05, 3.63) is 22.9 Å². The molecule has 0 radical (unpaired) electrons. The molecule has 0 aromatic carbocycles. The first kappa shape index (κ1) is 11.9. The smallest absolute Gasteiger partial charge is 0.222 e. The number of pyridine rings is 1. The van der Waals surface area contributed by atoms with Crippen LogP contribution in [0.1, 0.15) is 35.5 Å². The molecule has 5 heteroatoms. The summed E-state index contributed by atoms with van der Waals surface area (Å²) in [5.41, 5.74) is 1.29. The van der Waals surface area contributed by atoms with Crippen LogP contribution in [0.15, 0.2) is 6.07 Å². The van der Waals surface area contributed by atoms with Crippen molar-refractivity contribution >= 4 is 5.97 Å². The van der Waals surface area contributed by atoms with E-state index in [9.17, 15) is 9.90 Å². The highest BCUT2D eigenvalue weighted by Gasteiger charge is 2.28. The van der Waals surface area contributed by atoms with Crippen molar-refractivity contribution < 1.29 is 19.4 Å². The van der Waals surface area contributed by atoms with Gasteiger partial charge in [-0.05, 0) is 19.9 Å². The van der Waals surface area contributed by atoms with E-state index in [1.807, 2.05) is 13.8 Å². The van der Waals surface area contributed by atoms with E-state index in [2.05, 4.69) is 4.98 Å². The lowest BCUT2D eigenvalue weighted by Crippen LogP contribution is -2.33. The third-order valence-electron chi connectivity index (χ3n) is 2.78. The van der Waals surface area contributed by atoms with Crippen molar-refractivity contribution in [1.82, 2.24) is 4.98 Å². The summed E-state index contributed by atoms with van der Waals surface area (Å²) in [5, 5.41) is 10.9. The first-order valence-electron chi connectivity index (χ1n) is 5.35. The summed E-state index contributed by atoms with van der Waals surface area (Å²) in [6.07, 6.45) is 0.631. The number of fused-ring (bicyclic) bond motifs is 1. The van der Waals surface area contributed by atoms with Gasteiger partial charge in [-0.15, -0.1) is 0 Å². The van der Waals surface area contributed by atoms with Crippen LogP contribution in [-0.4, -0.2) is 23.7 Å². The lowest BCUT2D eigenvalue weighted by molar-refractivity contribution is -0.255. The highest BCUT2D eigenvalue weighted by atomic mass is 16.5. The van der Waals surface area contributed by atoms with E-state index < -0.39 is 5.97 Å². The minimum Gasteiger partial charge on any atom is -0.545 e. The SMILES string of the molecule is COc1nc2c(cc1C(=O)[O-])COC(C)(C)C2. The zero-order valence-electron chi connectivity index (χ0n) is 10.1. The van der Waals surface area contributed by atoms with Crippen LogP contribution >= 0.6 is 0 Å². The number of carbonyl (C=O) groups excluding carboxylic acids is 1. The average molecular weight is 236 g/mol. The molecule has 17 heavy (non-hydrogen) atoms. The van der Waals surface area contributed by atoms with Crippen molar-refractivity contribution in [3.63, 3.8) is 0 Å². The number of carboxylic acids is 1. The normalized spacial score (nSPS) is 17.4. The Balaban J connectivity index is 2.48. The van der Waals surface area contributed by atoms with Crippen LogP contribution in [0.3, 0.4) is 0 Å². The summed E-state index contributed by atoms with van der Waals surface area (Å²) < 4.78 is 10.6. The van der Waals surface area contributed by atoms with Gasteiger partial charge < -0.3 is 19.4 Å². The number of carboxylic acid groups (broad SMARTS) is 1. The molecule has 2 heterocycles. The Kier molecular flexibility index (Phi) is 2.79. The Morgan fingerprint density at radius 2 is 2.29 bits per heavy atom. The van der Waals surface area contributed by atoms with Gasteiger partial charge in [0.2, 0.25) is 5.88 Å². The topological polar surface area (TPSA) is 71.5 Å². The van der Waals surface area contributed by atoms with Gasteiger partial charge in [0.25, 0.3) is 0 Å². The first-order valence-corrected chi connectivity index (χ1v) is 5.35. The lowest BCUT2D eigenvalue weighted by Gasteiger charge is -2.31. The van der Waals surface area contributed by atoms with Crippen molar-refractivity contribution in [2.75, 3.05) is 7.11 Å². The number of hydrogen-bond donors (Lipinski definition) is 0. The van der Waals surface area contributed by atoms with E-state index in [4.69, 9.17) is 9.47 Å². The molecule has 2 rings (SSSR count). The molecule has 1 aromatic rings. The van der Waals surface area contributed by atoms with Gasteiger partial charge >= 0.3 is 0 Å². The second-order valence-electron chi connectivity index (χ2n) is 4.66. The molecule has 0 atom stereocenters. The number of rotatable bonds is 2. The van der Waals surface area contributed by atoms with E-state index >= 15 is 0 Å². The molecule has 1 aliphatic rings. The number of methoxy groups -OCH3 is 1. The first-order chi connectivity index (χ1) is 7.93. The Labute approximate surface area is 99.4 Å². The number of aromatic nitrogens is 1. The van der Waals surface area contributed by atoms with Crippen molar-refractivity contribution in [3.8, 4) is 5.88 Å². The zero-order chi connectivity index (χ0) is 12.6. The molecule has 0 spiro atoms. The summed E-state index contributed by atoms with van der Waals surface area (Å²) in [4.78, 5) is 15.1. The fourth-order valence-electron chi connectivity index (χ4n) is 1.88. The van der Waals surface area contributed by atoms with Crippen LogP contribution in [0.5, 0.6) is 5.88 Å². The minimum atomic E-state index is -1.29. The molecule has 0 saturated carbocycles. The van der Waals surface area contributed by atoms with Gasteiger partial charge in [0.05, 0.1) is 36.5 Å². The largest absolute Gasteiger partial charge is 0.545 e. The van der Waals surface area contributed by atoms with Gasteiger partial charge in [0.15, 0.2) is 0 Å². The Morgan fingerprint density at radius 1 is 1.59 bits per heavy atom. The molecular weight excluding hydrogens is 222 g/mol. The Bertz CT molecular complexity index is 468. The summed E-state index contributed by atoms with van der Waals surface area (Å²) in [6.45, 7) is 4.30. The third kappa shape index (κ3) is 2.24. The summed E-state index contributed by atoms with van der Waals surface area (Å²) >= 11 is 0. The molecule has 0 unspecified atom stereocenters. The van der Waals surface area contributed by atoms with Gasteiger partial charge in [0, 0.05) is 12.0 Å². The van der Waals surface area contributed by atoms with E-state index in [1.54, 1.807) is 0 Å². The van der Waals surface area contributed by atoms with E-state index in [0.29, 0.717) is 13.0 Å². The molecule has 1 aromatic heterocycles. The minimum absolute atomic E-state index is 0.0328. The molecular formula is C12H14NO4-. The van der Waals surface area contributed by atoms with Crippen LogP contribution in [0.2, 0.25) is 0 Å². The van der Waals surface area contributed by atoms with Crippen molar-refractivity contribution in [2.45, 2.75) is 32.5 Å². The monoisotopic (exact) mass is 236 g/mol. The molecule has 0 N–H and O–H groups in total.